The summed E-state index contributed by atoms with van der Waals surface area (Å²) >= 11 is 0. The van der Waals surface area contributed by atoms with Gasteiger partial charge in [-0.1, -0.05) is 12.0 Å². The number of hydrogen-bond donors (Lipinski definition) is 2. The van der Waals surface area contributed by atoms with E-state index in [1.165, 1.54) is 16.9 Å². The highest BCUT2D eigenvalue weighted by atomic mass is 16.4. The Morgan fingerprint density at radius 2 is 2.10 bits per heavy atom. The van der Waals surface area contributed by atoms with Crippen molar-refractivity contribution in [2.24, 2.45) is 12.8 Å². The Kier molecular flexibility index (Phi) is 6.56. The summed E-state index contributed by atoms with van der Waals surface area (Å²) in [7, 11) is 1.54. The van der Waals surface area contributed by atoms with Crippen LogP contribution < -0.4 is 16.2 Å². The van der Waals surface area contributed by atoms with E-state index >= 15 is 0 Å². The monoisotopic (exact) mass is 406 g/mol. The number of unbranched alkanes of at least 4 members (excludes halogenated alkanes) is 1. The van der Waals surface area contributed by atoms with Crippen LogP contribution in [0.25, 0.3) is 11.3 Å². The first-order valence-corrected chi connectivity index (χ1v) is 9.20. The molecule has 10 heteroatoms. The van der Waals surface area contributed by atoms with Crippen LogP contribution in [-0.4, -0.2) is 43.0 Å². The fourth-order valence-electron chi connectivity index (χ4n) is 2.64. The van der Waals surface area contributed by atoms with Crippen LogP contribution in [0.15, 0.2) is 36.8 Å². The summed E-state index contributed by atoms with van der Waals surface area (Å²) < 4.78 is 2.96. The smallest absolute Gasteiger partial charge is 0.274 e. The average Bonchev–Trinajstić information content (AvgIpc) is 3.34. The summed E-state index contributed by atoms with van der Waals surface area (Å²) in [6, 6.07) is 4.97. The van der Waals surface area contributed by atoms with E-state index < -0.39 is 11.9 Å². The minimum absolute atomic E-state index is 0.0377. The number of aryl methyl sites for hydroxylation is 1. The molecule has 0 aromatic carbocycles. The molecule has 30 heavy (non-hydrogen) atoms. The number of carboxylic acid groups (broad SMARTS) is 1. The van der Waals surface area contributed by atoms with E-state index in [2.05, 4.69) is 32.3 Å². The maximum atomic E-state index is 12.5. The molecule has 0 aliphatic carbocycles. The quantitative estimate of drug-likeness (QED) is 0.416. The molecule has 0 saturated carbocycles. The average molecular weight is 406 g/mol. The molecule has 3 aromatic heterocycles. The third-order valence-electron chi connectivity index (χ3n) is 4.05. The molecule has 0 bridgehead atoms. The lowest BCUT2D eigenvalue weighted by atomic mass is 10.2. The predicted molar refractivity (Wildman–Crippen MR) is 107 cm³/mol. The van der Waals surface area contributed by atoms with E-state index in [4.69, 9.17) is 5.73 Å². The number of aromatic carboxylic acids is 1. The number of amides is 1. The van der Waals surface area contributed by atoms with Crippen LogP contribution in [0.5, 0.6) is 0 Å². The zero-order valence-corrected chi connectivity index (χ0v) is 16.3. The zero-order valence-electron chi connectivity index (χ0n) is 16.3. The SMILES string of the molecule is Cn1cc(NC(=O)c2cccc(-c3cnn(CC#CCCCN)c3)n2)c(C(=O)[O-])n1. The molecule has 3 N–H and O–H groups in total. The molecule has 0 unspecified atom stereocenters. The molecule has 0 fully saturated rings. The van der Waals surface area contributed by atoms with Gasteiger partial charge in [0.1, 0.15) is 17.9 Å². The van der Waals surface area contributed by atoms with Gasteiger partial charge in [0.25, 0.3) is 5.91 Å². The van der Waals surface area contributed by atoms with Crippen molar-refractivity contribution in [2.45, 2.75) is 19.4 Å². The van der Waals surface area contributed by atoms with E-state index in [0.29, 0.717) is 18.8 Å². The first-order valence-electron chi connectivity index (χ1n) is 9.20. The van der Waals surface area contributed by atoms with E-state index in [9.17, 15) is 14.7 Å². The predicted octanol–water partition coefficient (Wildman–Crippen LogP) is 0.0367. The number of carbonyl (C=O) groups excluding carboxylic acids is 2. The summed E-state index contributed by atoms with van der Waals surface area (Å²) in [4.78, 5) is 28.0. The lowest BCUT2D eigenvalue weighted by Gasteiger charge is -2.06. The van der Waals surface area contributed by atoms with Crippen molar-refractivity contribution in [3.8, 4) is 23.1 Å². The first kappa shape index (κ1) is 20.8. The molecular formula is C20H20N7O3-. The highest BCUT2D eigenvalue weighted by Gasteiger charge is 2.15. The van der Waals surface area contributed by atoms with Crippen molar-refractivity contribution < 1.29 is 14.7 Å². The number of aromatic nitrogens is 5. The van der Waals surface area contributed by atoms with Gasteiger partial charge in [0.05, 0.1) is 23.5 Å². The van der Waals surface area contributed by atoms with Gasteiger partial charge < -0.3 is 21.0 Å². The molecule has 0 radical (unpaired) electrons. The van der Waals surface area contributed by atoms with Crippen LogP contribution in [0.1, 0.15) is 33.8 Å². The Balaban J connectivity index is 1.72. The molecule has 3 heterocycles. The molecule has 154 valence electrons. The molecule has 10 nitrogen and oxygen atoms in total. The Hall–Kier alpha value is -3.97. The van der Waals surface area contributed by atoms with E-state index in [1.807, 2.05) is 0 Å². The molecule has 1 amide bonds. The van der Waals surface area contributed by atoms with Crippen molar-refractivity contribution in [3.05, 3.63) is 48.2 Å². The lowest BCUT2D eigenvalue weighted by molar-refractivity contribution is -0.255. The van der Waals surface area contributed by atoms with Gasteiger partial charge >= 0.3 is 0 Å². The summed E-state index contributed by atoms with van der Waals surface area (Å²) in [5.41, 5.74) is 6.52. The van der Waals surface area contributed by atoms with Crippen molar-refractivity contribution >= 4 is 17.6 Å². The van der Waals surface area contributed by atoms with Gasteiger partial charge in [0, 0.05) is 31.4 Å². The number of pyridine rings is 1. The Labute approximate surface area is 172 Å². The highest BCUT2D eigenvalue weighted by molar-refractivity contribution is 6.06. The molecule has 0 aliphatic rings. The number of nitrogens with two attached hydrogens (primary N) is 1. The standard InChI is InChI=1S/C20H21N7O3/c1-26-13-17(18(25-26)20(29)30)24-19(28)16-8-6-7-15(23-16)14-11-22-27(12-14)10-5-3-2-4-9-21/h6-8,11-13H,2,4,9-10,21H2,1H3,(H,24,28)(H,29,30)/p-1. The maximum absolute atomic E-state index is 12.5. The molecule has 0 spiro atoms. The third kappa shape index (κ3) is 5.09. The lowest BCUT2D eigenvalue weighted by Crippen LogP contribution is -2.25. The maximum Gasteiger partial charge on any atom is 0.274 e. The van der Waals surface area contributed by atoms with Gasteiger partial charge in [0.2, 0.25) is 0 Å². The Morgan fingerprint density at radius 3 is 2.87 bits per heavy atom. The Morgan fingerprint density at radius 1 is 1.27 bits per heavy atom. The van der Waals surface area contributed by atoms with E-state index in [1.54, 1.807) is 36.3 Å². The number of nitrogens with zero attached hydrogens (tertiary/aromatic N) is 5. The van der Waals surface area contributed by atoms with Gasteiger partial charge in [0.15, 0.2) is 0 Å². The first-order chi connectivity index (χ1) is 14.5. The number of carboxylic acids is 1. The fraction of sp³-hybridized carbons (Fsp3) is 0.250. The van der Waals surface area contributed by atoms with Crippen molar-refractivity contribution in [1.82, 2.24) is 24.5 Å². The molecule has 3 aromatic rings. The minimum atomic E-state index is -1.48. The van der Waals surface area contributed by atoms with Crippen LogP contribution in [0.3, 0.4) is 0 Å². The van der Waals surface area contributed by atoms with Gasteiger partial charge in [-0.3, -0.25) is 14.2 Å². The number of carbonyl (C=O) groups is 2. The molecule has 0 aliphatic heterocycles. The normalized spacial score (nSPS) is 10.3. The second-order valence-electron chi connectivity index (χ2n) is 6.39. The highest BCUT2D eigenvalue weighted by Crippen LogP contribution is 2.18. The molecule has 0 saturated heterocycles. The third-order valence-corrected chi connectivity index (χ3v) is 4.05. The van der Waals surface area contributed by atoms with E-state index in [-0.39, 0.29) is 17.1 Å². The summed E-state index contributed by atoms with van der Waals surface area (Å²) in [5.74, 6) is 4.01. The Bertz CT molecular complexity index is 1120. The number of nitrogens with one attached hydrogen (secondary N) is 1. The molecular weight excluding hydrogens is 386 g/mol. The zero-order chi connectivity index (χ0) is 21.5. The van der Waals surface area contributed by atoms with Gasteiger partial charge in [-0.15, -0.1) is 5.92 Å². The van der Waals surface area contributed by atoms with Crippen LogP contribution in [-0.2, 0) is 13.6 Å². The molecule has 0 atom stereocenters. The number of anilines is 1. The summed E-state index contributed by atoms with van der Waals surface area (Å²) in [6.07, 6.45) is 6.42. The minimum Gasteiger partial charge on any atom is -0.543 e. The number of hydrogen-bond acceptors (Lipinski definition) is 7. The van der Waals surface area contributed by atoms with Crippen molar-refractivity contribution in [1.29, 1.82) is 0 Å². The second kappa shape index (κ2) is 9.49. The van der Waals surface area contributed by atoms with Gasteiger partial charge in [-0.05, 0) is 25.1 Å². The van der Waals surface area contributed by atoms with Crippen LogP contribution >= 0.6 is 0 Å². The van der Waals surface area contributed by atoms with Crippen LogP contribution in [0, 0.1) is 11.8 Å². The van der Waals surface area contributed by atoms with Crippen molar-refractivity contribution in [3.63, 3.8) is 0 Å². The largest absolute Gasteiger partial charge is 0.543 e. The summed E-state index contributed by atoms with van der Waals surface area (Å²) in [6.45, 7) is 1.06. The summed E-state index contributed by atoms with van der Waals surface area (Å²) in [5, 5.41) is 21.7. The fourth-order valence-corrected chi connectivity index (χ4v) is 2.64. The van der Waals surface area contributed by atoms with Crippen LogP contribution in [0.2, 0.25) is 0 Å². The second-order valence-corrected chi connectivity index (χ2v) is 6.39. The van der Waals surface area contributed by atoms with Gasteiger partial charge in [-0.2, -0.15) is 10.2 Å². The van der Waals surface area contributed by atoms with Gasteiger partial charge in [-0.25, -0.2) is 4.98 Å². The van der Waals surface area contributed by atoms with Crippen LogP contribution in [0.4, 0.5) is 5.69 Å². The molecule has 3 rings (SSSR count). The van der Waals surface area contributed by atoms with Crippen molar-refractivity contribution in [2.75, 3.05) is 11.9 Å². The topological polar surface area (TPSA) is 144 Å². The number of rotatable bonds is 7. The van der Waals surface area contributed by atoms with E-state index in [0.717, 1.165) is 18.4 Å².